The first-order valence-corrected chi connectivity index (χ1v) is 7.17. The molecular formula is C14H18BrNO2. The second-order valence-electron chi connectivity index (χ2n) is 4.46. The predicted octanol–water partition coefficient (Wildman–Crippen LogP) is 3.23. The highest BCUT2D eigenvalue weighted by molar-refractivity contribution is 9.10. The third-order valence-corrected chi connectivity index (χ3v) is 3.98. The molecule has 0 amide bonds. The van der Waals surface area contributed by atoms with Gasteiger partial charge in [-0.25, -0.2) is 0 Å². The van der Waals surface area contributed by atoms with Crippen molar-refractivity contribution >= 4 is 27.6 Å². The lowest BCUT2D eigenvalue weighted by molar-refractivity contribution is -0.148. The normalized spacial score (nSPS) is 16.7. The zero-order chi connectivity index (χ0) is 13.0. The van der Waals surface area contributed by atoms with E-state index in [-0.39, 0.29) is 11.9 Å². The molecule has 3 nitrogen and oxygen atoms in total. The van der Waals surface area contributed by atoms with Crippen molar-refractivity contribution in [2.75, 3.05) is 24.6 Å². The van der Waals surface area contributed by atoms with Crippen LogP contribution in [-0.2, 0) is 9.53 Å². The minimum absolute atomic E-state index is 0.0377. The minimum atomic E-state index is -0.0377. The first-order chi connectivity index (χ1) is 8.72. The van der Waals surface area contributed by atoms with E-state index in [1.165, 1.54) is 5.69 Å². The average molecular weight is 312 g/mol. The van der Waals surface area contributed by atoms with Gasteiger partial charge >= 0.3 is 5.97 Å². The van der Waals surface area contributed by atoms with E-state index in [0.29, 0.717) is 6.61 Å². The number of benzene rings is 1. The summed E-state index contributed by atoms with van der Waals surface area (Å²) in [6.45, 7) is 4.15. The van der Waals surface area contributed by atoms with Gasteiger partial charge in [-0.1, -0.05) is 12.1 Å². The minimum Gasteiger partial charge on any atom is -0.466 e. The van der Waals surface area contributed by atoms with Crippen molar-refractivity contribution in [2.45, 2.75) is 19.8 Å². The van der Waals surface area contributed by atoms with Gasteiger partial charge < -0.3 is 9.64 Å². The number of hydrogen-bond acceptors (Lipinski definition) is 3. The number of anilines is 1. The summed E-state index contributed by atoms with van der Waals surface area (Å²) in [5.41, 5.74) is 1.21. The summed E-state index contributed by atoms with van der Waals surface area (Å²) in [6, 6.07) is 8.21. The Morgan fingerprint density at radius 2 is 2.06 bits per heavy atom. The summed E-state index contributed by atoms with van der Waals surface area (Å²) in [4.78, 5) is 14.0. The van der Waals surface area contributed by atoms with Gasteiger partial charge in [0.25, 0.3) is 0 Å². The quantitative estimate of drug-likeness (QED) is 0.803. The van der Waals surface area contributed by atoms with E-state index in [0.717, 1.165) is 30.4 Å². The topological polar surface area (TPSA) is 29.5 Å². The van der Waals surface area contributed by atoms with E-state index < -0.39 is 0 Å². The summed E-state index contributed by atoms with van der Waals surface area (Å²) in [5.74, 6) is 0.0352. The van der Waals surface area contributed by atoms with Crippen LogP contribution in [0, 0.1) is 5.92 Å². The van der Waals surface area contributed by atoms with Crippen LogP contribution in [0.3, 0.4) is 0 Å². The van der Waals surface area contributed by atoms with E-state index in [9.17, 15) is 4.79 Å². The molecule has 0 unspecified atom stereocenters. The molecule has 0 bridgehead atoms. The number of rotatable bonds is 3. The van der Waals surface area contributed by atoms with Crippen molar-refractivity contribution in [3.63, 3.8) is 0 Å². The molecule has 1 fully saturated rings. The van der Waals surface area contributed by atoms with Crippen LogP contribution < -0.4 is 4.90 Å². The van der Waals surface area contributed by atoms with Gasteiger partial charge in [0.05, 0.1) is 18.2 Å². The molecule has 1 aliphatic heterocycles. The first kappa shape index (κ1) is 13.4. The summed E-state index contributed by atoms with van der Waals surface area (Å²) in [6.07, 6.45) is 1.75. The summed E-state index contributed by atoms with van der Waals surface area (Å²) < 4.78 is 6.19. The van der Waals surface area contributed by atoms with Crippen LogP contribution in [0.25, 0.3) is 0 Å². The number of para-hydroxylation sites is 1. The monoisotopic (exact) mass is 311 g/mol. The van der Waals surface area contributed by atoms with Crippen molar-refractivity contribution in [1.29, 1.82) is 0 Å². The number of hydrogen-bond donors (Lipinski definition) is 0. The lowest BCUT2D eigenvalue weighted by Gasteiger charge is -2.33. The smallest absolute Gasteiger partial charge is 0.309 e. The van der Waals surface area contributed by atoms with E-state index in [1.807, 2.05) is 25.1 Å². The molecule has 0 aliphatic carbocycles. The zero-order valence-electron chi connectivity index (χ0n) is 10.6. The fourth-order valence-electron chi connectivity index (χ4n) is 2.32. The van der Waals surface area contributed by atoms with Gasteiger partial charge in [-0.15, -0.1) is 0 Å². The molecule has 0 aromatic heterocycles. The Morgan fingerprint density at radius 1 is 1.39 bits per heavy atom. The largest absolute Gasteiger partial charge is 0.466 e. The third kappa shape index (κ3) is 3.05. The maximum Gasteiger partial charge on any atom is 0.309 e. The third-order valence-electron chi connectivity index (χ3n) is 3.31. The highest BCUT2D eigenvalue weighted by Crippen LogP contribution is 2.29. The number of carbonyl (C=O) groups excluding carboxylic acids is 1. The number of nitrogens with zero attached hydrogens (tertiary/aromatic N) is 1. The van der Waals surface area contributed by atoms with Crippen molar-refractivity contribution in [2.24, 2.45) is 5.92 Å². The fraction of sp³-hybridized carbons (Fsp3) is 0.500. The Morgan fingerprint density at radius 3 is 2.67 bits per heavy atom. The van der Waals surface area contributed by atoms with Crippen LogP contribution in [0.2, 0.25) is 0 Å². The van der Waals surface area contributed by atoms with Crippen molar-refractivity contribution < 1.29 is 9.53 Å². The standard InChI is InChI=1S/C14H18BrNO2/c1-2-18-14(17)11-7-9-16(10-8-11)13-6-4-3-5-12(13)15/h3-6,11H,2,7-10H2,1H3. The number of esters is 1. The van der Waals surface area contributed by atoms with Gasteiger partial charge in [-0.2, -0.15) is 0 Å². The molecule has 1 aromatic carbocycles. The summed E-state index contributed by atoms with van der Waals surface area (Å²) >= 11 is 3.57. The SMILES string of the molecule is CCOC(=O)C1CCN(c2ccccc2Br)CC1. The molecule has 0 N–H and O–H groups in total. The molecule has 0 saturated carbocycles. The molecule has 1 saturated heterocycles. The summed E-state index contributed by atoms with van der Waals surface area (Å²) in [5, 5.41) is 0. The average Bonchev–Trinajstić information content (AvgIpc) is 2.40. The van der Waals surface area contributed by atoms with Gasteiger partial charge in [-0.3, -0.25) is 4.79 Å². The van der Waals surface area contributed by atoms with Crippen LogP contribution in [0.1, 0.15) is 19.8 Å². The Labute approximate surface area is 116 Å². The number of ether oxygens (including phenoxy) is 1. The highest BCUT2D eigenvalue weighted by atomic mass is 79.9. The Kier molecular flexibility index (Phi) is 4.64. The predicted molar refractivity (Wildman–Crippen MR) is 75.7 cm³/mol. The number of piperidine rings is 1. The van der Waals surface area contributed by atoms with E-state index in [2.05, 4.69) is 26.9 Å². The van der Waals surface area contributed by atoms with Gasteiger partial charge in [0.15, 0.2) is 0 Å². The number of carbonyl (C=O) groups is 1. The van der Waals surface area contributed by atoms with Crippen molar-refractivity contribution in [3.05, 3.63) is 28.7 Å². The van der Waals surface area contributed by atoms with Gasteiger partial charge in [0, 0.05) is 17.6 Å². The highest BCUT2D eigenvalue weighted by Gasteiger charge is 2.26. The first-order valence-electron chi connectivity index (χ1n) is 6.38. The Bertz CT molecular complexity index is 414. The molecule has 98 valence electrons. The number of halogens is 1. The lowest BCUT2D eigenvalue weighted by Crippen LogP contribution is -2.37. The Balaban J connectivity index is 1.95. The molecular weight excluding hydrogens is 294 g/mol. The molecule has 1 heterocycles. The van der Waals surface area contributed by atoms with Crippen molar-refractivity contribution in [1.82, 2.24) is 0 Å². The molecule has 4 heteroatoms. The van der Waals surface area contributed by atoms with Crippen LogP contribution in [0.4, 0.5) is 5.69 Å². The van der Waals surface area contributed by atoms with Crippen LogP contribution >= 0.6 is 15.9 Å². The molecule has 2 rings (SSSR count). The second kappa shape index (κ2) is 6.23. The van der Waals surface area contributed by atoms with Gasteiger partial charge in [0.2, 0.25) is 0 Å². The summed E-state index contributed by atoms with van der Waals surface area (Å²) in [7, 11) is 0. The zero-order valence-corrected chi connectivity index (χ0v) is 12.1. The molecule has 0 atom stereocenters. The second-order valence-corrected chi connectivity index (χ2v) is 5.32. The maximum atomic E-state index is 11.7. The molecule has 18 heavy (non-hydrogen) atoms. The fourth-order valence-corrected chi connectivity index (χ4v) is 2.86. The van der Waals surface area contributed by atoms with Gasteiger partial charge in [0.1, 0.15) is 0 Å². The van der Waals surface area contributed by atoms with E-state index in [4.69, 9.17) is 4.74 Å². The molecule has 0 spiro atoms. The molecule has 1 aliphatic rings. The van der Waals surface area contributed by atoms with Crippen LogP contribution in [0.15, 0.2) is 28.7 Å². The Hall–Kier alpha value is -1.03. The van der Waals surface area contributed by atoms with E-state index in [1.54, 1.807) is 0 Å². The van der Waals surface area contributed by atoms with Crippen molar-refractivity contribution in [3.8, 4) is 0 Å². The maximum absolute atomic E-state index is 11.7. The van der Waals surface area contributed by atoms with Crippen LogP contribution in [-0.4, -0.2) is 25.7 Å². The van der Waals surface area contributed by atoms with Crippen LogP contribution in [0.5, 0.6) is 0 Å². The lowest BCUT2D eigenvalue weighted by atomic mass is 9.96. The molecule has 0 radical (unpaired) electrons. The molecule has 1 aromatic rings. The van der Waals surface area contributed by atoms with Gasteiger partial charge in [-0.05, 0) is 47.8 Å². The van der Waals surface area contributed by atoms with E-state index >= 15 is 0 Å².